The molecule has 1 heterocycles. The van der Waals surface area contributed by atoms with Gasteiger partial charge >= 0.3 is 5.97 Å². The molecule has 2 atom stereocenters. The van der Waals surface area contributed by atoms with E-state index in [4.69, 9.17) is 0 Å². The van der Waals surface area contributed by atoms with Crippen molar-refractivity contribution < 1.29 is 19.8 Å². The summed E-state index contributed by atoms with van der Waals surface area (Å²) < 4.78 is 0. The maximum absolute atomic E-state index is 12.0. The normalized spacial score (nSPS) is 19.5. The molecule has 1 aliphatic rings. The fourth-order valence-corrected chi connectivity index (χ4v) is 3.29. The Morgan fingerprint density at radius 3 is 2.60 bits per heavy atom. The van der Waals surface area contributed by atoms with Crippen molar-refractivity contribution in [2.24, 2.45) is 0 Å². The Hall–Kier alpha value is -1.69. The molecule has 1 aliphatic heterocycles. The highest BCUT2D eigenvalue weighted by atomic mass is 32.2. The van der Waals surface area contributed by atoms with Crippen molar-refractivity contribution >= 4 is 23.6 Å². The van der Waals surface area contributed by atoms with Crippen LogP contribution in [0.2, 0.25) is 0 Å². The van der Waals surface area contributed by atoms with Crippen molar-refractivity contribution in [3.8, 4) is 5.75 Å². The van der Waals surface area contributed by atoms with Crippen LogP contribution in [0.3, 0.4) is 0 Å². The van der Waals surface area contributed by atoms with E-state index in [-0.39, 0.29) is 23.3 Å². The molecule has 0 saturated carbocycles. The first-order valence-electron chi connectivity index (χ1n) is 6.49. The number of aromatic hydroxyl groups is 1. The Morgan fingerprint density at radius 1 is 1.35 bits per heavy atom. The molecular weight excluding hydrogens is 278 g/mol. The number of carboxylic acid groups (broad SMARTS) is 1. The SMILES string of the molecule is O=C(O)C(Cc1ccc(O)cc1)NC(=O)C1CCCS1. The number of hydrogen-bond acceptors (Lipinski definition) is 4. The minimum Gasteiger partial charge on any atom is -0.508 e. The second kappa shape index (κ2) is 6.65. The van der Waals surface area contributed by atoms with Gasteiger partial charge in [-0.15, -0.1) is 11.8 Å². The van der Waals surface area contributed by atoms with Crippen molar-refractivity contribution in [3.63, 3.8) is 0 Å². The Kier molecular flexibility index (Phi) is 4.89. The third-order valence-electron chi connectivity index (χ3n) is 3.21. The van der Waals surface area contributed by atoms with Gasteiger partial charge in [0.1, 0.15) is 11.8 Å². The molecule has 20 heavy (non-hydrogen) atoms. The zero-order valence-corrected chi connectivity index (χ0v) is 11.7. The van der Waals surface area contributed by atoms with Crippen molar-refractivity contribution in [3.05, 3.63) is 29.8 Å². The Morgan fingerprint density at radius 2 is 2.05 bits per heavy atom. The van der Waals surface area contributed by atoms with Gasteiger partial charge < -0.3 is 15.5 Å². The number of rotatable bonds is 5. The molecule has 0 spiro atoms. The number of thioether (sulfide) groups is 1. The fraction of sp³-hybridized carbons (Fsp3) is 0.429. The summed E-state index contributed by atoms with van der Waals surface area (Å²) in [7, 11) is 0. The number of carbonyl (C=O) groups excluding carboxylic acids is 1. The van der Waals surface area contributed by atoms with E-state index in [1.807, 2.05) is 0 Å². The standard InChI is InChI=1S/C14H17NO4S/c16-10-5-3-9(4-6-10)8-11(14(18)19)15-13(17)12-2-1-7-20-12/h3-6,11-12,16H,1-2,7-8H2,(H,15,17)(H,18,19). The van der Waals surface area contributed by atoms with E-state index in [0.29, 0.717) is 0 Å². The average Bonchev–Trinajstić information content (AvgIpc) is 2.94. The van der Waals surface area contributed by atoms with Gasteiger partial charge in [0.25, 0.3) is 0 Å². The molecule has 1 fully saturated rings. The first-order chi connectivity index (χ1) is 9.56. The largest absolute Gasteiger partial charge is 0.508 e. The van der Waals surface area contributed by atoms with Crippen molar-refractivity contribution in [1.82, 2.24) is 5.32 Å². The number of carboxylic acids is 1. The van der Waals surface area contributed by atoms with E-state index >= 15 is 0 Å². The Labute approximate surface area is 121 Å². The average molecular weight is 295 g/mol. The topological polar surface area (TPSA) is 86.6 Å². The number of benzene rings is 1. The van der Waals surface area contributed by atoms with E-state index in [1.165, 1.54) is 12.1 Å². The molecule has 1 amide bonds. The highest BCUT2D eigenvalue weighted by Crippen LogP contribution is 2.26. The molecule has 0 bridgehead atoms. The number of phenols is 1. The minimum atomic E-state index is -1.05. The lowest BCUT2D eigenvalue weighted by Crippen LogP contribution is -2.45. The molecule has 5 nitrogen and oxygen atoms in total. The molecule has 2 unspecified atom stereocenters. The van der Waals surface area contributed by atoms with Crippen LogP contribution in [0.1, 0.15) is 18.4 Å². The molecule has 0 aliphatic carbocycles. The van der Waals surface area contributed by atoms with Gasteiger partial charge in [-0.3, -0.25) is 4.79 Å². The van der Waals surface area contributed by atoms with Crippen LogP contribution in [0.4, 0.5) is 0 Å². The molecule has 1 aromatic carbocycles. The lowest BCUT2D eigenvalue weighted by Gasteiger charge is -2.17. The lowest BCUT2D eigenvalue weighted by molar-refractivity contribution is -0.141. The third-order valence-corrected chi connectivity index (χ3v) is 4.59. The zero-order chi connectivity index (χ0) is 14.5. The maximum Gasteiger partial charge on any atom is 0.326 e. The molecule has 3 N–H and O–H groups in total. The van der Waals surface area contributed by atoms with E-state index in [2.05, 4.69) is 5.32 Å². The van der Waals surface area contributed by atoms with Crippen LogP contribution in [0.15, 0.2) is 24.3 Å². The van der Waals surface area contributed by atoms with Gasteiger partial charge in [0, 0.05) is 6.42 Å². The van der Waals surface area contributed by atoms with E-state index in [1.54, 1.807) is 23.9 Å². The van der Waals surface area contributed by atoms with Crippen molar-refractivity contribution in [2.75, 3.05) is 5.75 Å². The van der Waals surface area contributed by atoms with Gasteiger partial charge in [-0.2, -0.15) is 0 Å². The predicted molar refractivity (Wildman–Crippen MR) is 76.9 cm³/mol. The summed E-state index contributed by atoms with van der Waals surface area (Å²) in [6, 6.07) is 5.38. The quantitative estimate of drug-likeness (QED) is 0.764. The number of amides is 1. The first kappa shape index (κ1) is 14.7. The number of phenolic OH excluding ortho intramolecular Hbond substituents is 1. The zero-order valence-electron chi connectivity index (χ0n) is 10.9. The van der Waals surface area contributed by atoms with Crippen LogP contribution < -0.4 is 5.32 Å². The van der Waals surface area contributed by atoms with Crippen LogP contribution in [0.25, 0.3) is 0 Å². The highest BCUT2D eigenvalue weighted by molar-refractivity contribution is 8.00. The number of carbonyl (C=O) groups is 2. The van der Waals surface area contributed by atoms with E-state index < -0.39 is 12.0 Å². The van der Waals surface area contributed by atoms with Crippen LogP contribution in [0.5, 0.6) is 5.75 Å². The van der Waals surface area contributed by atoms with E-state index in [9.17, 15) is 19.8 Å². The van der Waals surface area contributed by atoms with Gasteiger partial charge in [0.05, 0.1) is 5.25 Å². The maximum atomic E-state index is 12.0. The van der Waals surface area contributed by atoms with E-state index in [0.717, 1.165) is 24.2 Å². The summed E-state index contributed by atoms with van der Waals surface area (Å²) in [4.78, 5) is 23.2. The van der Waals surface area contributed by atoms with Crippen LogP contribution >= 0.6 is 11.8 Å². The molecule has 1 saturated heterocycles. The molecule has 108 valence electrons. The summed E-state index contributed by atoms with van der Waals surface area (Å²) >= 11 is 1.57. The summed E-state index contributed by atoms with van der Waals surface area (Å²) in [5.74, 6) is -0.159. The molecule has 0 aromatic heterocycles. The summed E-state index contributed by atoms with van der Waals surface area (Å²) in [5.41, 5.74) is 0.759. The van der Waals surface area contributed by atoms with Crippen LogP contribution in [-0.2, 0) is 16.0 Å². The predicted octanol–water partition coefficient (Wildman–Crippen LogP) is 1.40. The fourth-order valence-electron chi connectivity index (χ4n) is 2.12. The third kappa shape index (κ3) is 3.90. The van der Waals surface area contributed by atoms with Gasteiger partial charge in [0.2, 0.25) is 5.91 Å². The minimum absolute atomic E-state index is 0.128. The smallest absolute Gasteiger partial charge is 0.326 e. The first-order valence-corrected chi connectivity index (χ1v) is 7.54. The van der Waals surface area contributed by atoms with Crippen LogP contribution in [-0.4, -0.2) is 39.1 Å². The Balaban J connectivity index is 1.98. The lowest BCUT2D eigenvalue weighted by atomic mass is 10.1. The summed E-state index contributed by atoms with van der Waals surface area (Å²) in [5, 5.41) is 20.9. The number of aliphatic carboxylic acids is 1. The Bertz CT molecular complexity index is 482. The molecule has 0 radical (unpaired) electrons. The van der Waals surface area contributed by atoms with Crippen molar-refractivity contribution in [1.29, 1.82) is 0 Å². The van der Waals surface area contributed by atoms with Gasteiger partial charge in [-0.25, -0.2) is 4.79 Å². The monoisotopic (exact) mass is 295 g/mol. The second-order valence-electron chi connectivity index (χ2n) is 4.77. The van der Waals surface area contributed by atoms with Gasteiger partial charge in [-0.05, 0) is 36.3 Å². The van der Waals surface area contributed by atoms with Gasteiger partial charge in [-0.1, -0.05) is 12.1 Å². The van der Waals surface area contributed by atoms with Gasteiger partial charge in [0.15, 0.2) is 0 Å². The van der Waals surface area contributed by atoms with Crippen LogP contribution in [0, 0.1) is 0 Å². The summed E-state index contributed by atoms with van der Waals surface area (Å²) in [6.45, 7) is 0. The second-order valence-corrected chi connectivity index (χ2v) is 6.08. The highest BCUT2D eigenvalue weighted by Gasteiger charge is 2.27. The molecule has 6 heteroatoms. The molecule has 1 aromatic rings. The number of hydrogen-bond donors (Lipinski definition) is 3. The summed E-state index contributed by atoms with van der Waals surface area (Å²) in [6.07, 6.45) is 2.01. The van der Waals surface area contributed by atoms with Crippen molar-refractivity contribution in [2.45, 2.75) is 30.6 Å². The molecule has 2 rings (SSSR count). The number of nitrogens with one attached hydrogen (secondary N) is 1. The molecular formula is C14H17NO4S.